The van der Waals surface area contributed by atoms with Crippen molar-refractivity contribution in [1.82, 2.24) is 14.7 Å². The van der Waals surface area contributed by atoms with Crippen LogP contribution in [0.5, 0.6) is 0 Å². The second-order valence-electron chi connectivity index (χ2n) is 6.97. The molecule has 1 unspecified atom stereocenters. The first-order chi connectivity index (χ1) is 12.2. The molecule has 1 atom stereocenters. The van der Waals surface area contributed by atoms with Crippen LogP contribution in [0.3, 0.4) is 0 Å². The molecule has 5 nitrogen and oxygen atoms in total. The summed E-state index contributed by atoms with van der Waals surface area (Å²) in [5.74, 6) is -0.103. The Balaban J connectivity index is 1.51. The number of hydrogen-bond acceptors (Lipinski definition) is 4. The van der Waals surface area contributed by atoms with Gasteiger partial charge in [-0.3, -0.25) is 9.58 Å². The molecule has 1 aromatic carbocycles. The Kier molecular flexibility index (Phi) is 4.72. The standard InChI is InChI=1S/C19H25FN4O/c1-22-12-15(11-21-22)19-14-23(9-10-25-19)13-16-17(20)5-4-6-18(16)24-7-2-3-8-24/h4-6,11-12,19H,2-3,7-10,13-14H2,1H3. The molecule has 2 aliphatic rings. The van der Waals surface area contributed by atoms with E-state index in [1.807, 2.05) is 25.5 Å². The van der Waals surface area contributed by atoms with Crippen molar-refractivity contribution in [1.29, 1.82) is 0 Å². The fraction of sp³-hybridized carbons (Fsp3) is 0.526. The molecule has 3 heterocycles. The van der Waals surface area contributed by atoms with Crippen molar-refractivity contribution in [3.63, 3.8) is 0 Å². The van der Waals surface area contributed by atoms with Gasteiger partial charge in [-0.25, -0.2) is 4.39 Å². The average Bonchev–Trinajstić information content (AvgIpc) is 3.29. The van der Waals surface area contributed by atoms with Crippen molar-refractivity contribution < 1.29 is 9.13 Å². The highest BCUT2D eigenvalue weighted by atomic mass is 19.1. The second kappa shape index (κ2) is 7.14. The Morgan fingerprint density at radius 1 is 1.24 bits per heavy atom. The summed E-state index contributed by atoms with van der Waals surface area (Å²) in [6, 6.07) is 5.46. The molecule has 25 heavy (non-hydrogen) atoms. The first-order valence-corrected chi connectivity index (χ1v) is 9.05. The van der Waals surface area contributed by atoms with Crippen LogP contribution < -0.4 is 4.90 Å². The van der Waals surface area contributed by atoms with E-state index in [1.54, 1.807) is 10.7 Å². The number of hydrogen-bond donors (Lipinski definition) is 0. The summed E-state index contributed by atoms with van der Waals surface area (Å²) in [6.07, 6.45) is 6.23. The lowest BCUT2D eigenvalue weighted by molar-refractivity contribution is -0.0332. The lowest BCUT2D eigenvalue weighted by Crippen LogP contribution is -2.38. The SMILES string of the molecule is Cn1cc(C2CN(Cc3c(F)cccc3N3CCCC3)CCO2)cn1. The summed E-state index contributed by atoms with van der Waals surface area (Å²) >= 11 is 0. The second-order valence-corrected chi connectivity index (χ2v) is 6.97. The van der Waals surface area contributed by atoms with Crippen LogP contribution in [0.1, 0.15) is 30.1 Å². The van der Waals surface area contributed by atoms with Crippen molar-refractivity contribution in [2.24, 2.45) is 7.05 Å². The largest absolute Gasteiger partial charge is 0.371 e. The first-order valence-electron chi connectivity index (χ1n) is 9.05. The number of nitrogens with zero attached hydrogens (tertiary/aromatic N) is 4. The van der Waals surface area contributed by atoms with E-state index in [2.05, 4.69) is 21.0 Å². The van der Waals surface area contributed by atoms with Crippen LogP contribution in [-0.2, 0) is 18.3 Å². The van der Waals surface area contributed by atoms with Crippen LogP contribution in [0.25, 0.3) is 0 Å². The maximum atomic E-state index is 14.6. The summed E-state index contributed by atoms with van der Waals surface area (Å²) < 4.78 is 22.3. The quantitative estimate of drug-likeness (QED) is 0.854. The summed E-state index contributed by atoms with van der Waals surface area (Å²) in [5, 5.41) is 4.23. The zero-order chi connectivity index (χ0) is 17.2. The number of rotatable bonds is 4. The number of aryl methyl sites for hydroxylation is 1. The van der Waals surface area contributed by atoms with Gasteiger partial charge in [0.25, 0.3) is 0 Å². The Morgan fingerprint density at radius 3 is 2.84 bits per heavy atom. The van der Waals surface area contributed by atoms with Crippen LogP contribution in [0.4, 0.5) is 10.1 Å². The van der Waals surface area contributed by atoms with E-state index in [4.69, 9.17) is 4.74 Å². The Labute approximate surface area is 148 Å². The van der Waals surface area contributed by atoms with E-state index >= 15 is 0 Å². The smallest absolute Gasteiger partial charge is 0.129 e. The molecule has 0 spiro atoms. The Bertz CT molecular complexity index is 726. The summed E-state index contributed by atoms with van der Waals surface area (Å²) in [7, 11) is 1.91. The van der Waals surface area contributed by atoms with Gasteiger partial charge in [-0.2, -0.15) is 5.10 Å². The lowest BCUT2D eigenvalue weighted by Gasteiger charge is -2.33. The summed E-state index contributed by atoms with van der Waals surface area (Å²) in [4.78, 5) is 4.61. The highest BCUT2D eigenvalue weighted by Crippen LogP contribution is 2.29. The van der Waals surface area contributed by atoms with Gasteiger partial charge < -0.3 is 9.64 Å². The van der Waals surface area contributed by atoms with Crippen LogP contribution in [0.15, 0.2) is 30.6 Å². The van der Waals surface area contributed by atoms with Crippen molar-refractivity contribution in [2.45, 2.75) is 25.5 Å². The highest BCUT2D eigenvalue weighted by Gasteiger charge is 2.26. The van der Waals surface area contributed by atoms with Gasteiger partial charge in [0.15, 0.2) is 0 Å². The van der Waals surface area contributed by atoms with Crippen molar-refractivity contribution in [2.75, 3.05) is 37.7 Å². The molecule has 2 aliphatic heterocycles. The van der Waals surface area contributed by atoms with E-state index in [0.29, 0.717) is 13.2 Å². The third-order valence-electron chi connectivity index (χ3n) is 5.17. The minimum absolute atomic E-state index is 0.00413. The summed E-state index contributed by atoms with van der Waals surface area (Å²) in [6.45, 7) is 4.92. The molecule has 0 bridgehead atoms. The van der Waals surface area contributed by atoms with Gasteiger partial charge in [0.05, 0.1) is 18.9 Å². The van der Waals surface area contributed by atoms with Crippen LogP contribution >= 0.6 is 0 Å². The van der Waals surface area contributed by atoms with Crippen LogP contribution in [-0.4, -0.2) is 47.5 Å². The zero-order valence-corrected chi connectivity index (χ0v) is 14.7. The van der Waals surface area contributed by atoms with Crippen molar-refractivity contribution in [3.8, 4) is 0 Å². The number of halogens is 1. The van der Waals surface area contributed by atoms with Gasteiger partial charge in [-0.05, 0) is 25.0 Å². The molecule has 0 radical (unpaired) electrons. The minimum Gasteiger partial charge on any atom is -0.371 e. The molecule has 134 valence electrons. The third kappa shape index (κ3) is 3.55. The van der Waals surface area contributed by atoms with Gasteiger partial charge in [0, 0.05) is 62.8 Å². The molecule has 6 heteroatoms. The molecular weight excluding hydrogens is 319 g/mol. The topological polar surface area (TPSA) is 33.5 Å². The van der Waals surface area contributed by atoms with Crippen LogP contribution in [0, 0.1) is 5.82 Å². The third-order valence-corrected chi connectivity index (χ3v) is 5.17. The molecular formula is C19H25FN4O. The van der Waals surface area contributed by atoms with Crippen molar-refractivity contribution in [3.05, 3.63) is 47.5 Å². The minimum atomic E-state index is -0.103. The predicted octanol–water partition coefficient (Wildman–Crippen LogP) is 2.73. The normalized spacial score (nSPS) is 21.8. The fourth-order valence-electron chi connectivity index (χ4n) is 3.84. The number of benzene rings is 1. The first kappa shape index (κ1) is 16.5. The van der Waals surface area contributed by atoms with Gasteiger partial charge in [-0.15, -0.1) is 0 Å². The number of anilines is 1. The molecule has 0 saturated carbocycles. The van der Waals surface area contributed by atoms with E-state index < -0.39 is 0 Å². The number of aromatic nitrogens is 2. The van der Waals surface area contributed by atoms with Gasteiger partial charge in [-0.1, -0.05) is 6.07 Å². The number of ether oxygens (including phenoxy) is 1. The summed E-state index contributed by atoms with van der Waals surface area (Å²) in [5.41, 5.74) is 2.96. The van der Waals surface area contributed by atoms with Gasteiger partial charge in [0.2, 0.25) is 0 Å². The van der Waals surface area contributed by atoms with E-state index in [1.165, 1.54) is 12.8 Å². The maximum absolute atomic E-state index is 14.6. The van der Waals surface area contributed by atoms with E-state index in [9.17, 15) is 4.39 Å². The van der Waals surface area contributed by atoms with E-state index in [0.717, 1.165) is 43.0 Å². The molecule has 4 rings (SSSR count). The molecule has 2 aromatic rings. The number of morpholine rings is 1. The fourth-order valence-corrected chi connectivity index (χ4v) is 3.84. The van der Waals surface area contributed by atoms with E-state index in [-0.39, 0.29) is 11.9 Å². The molecule has 1 aromatic heterocycles. The van der Waals surface area contributed by atoms with Gasteiger partial charge >= 0.3 is 0 Å². The molecule has 0 aliphatic carbocycles. The lowest BCUT2D eigenvalue weighted by atomic mass is 10.1. The highest BCUT2D eigenvalue weighted by molar-refractivity contribution is 5.54. The average molecular weight is 344 g/mol. The zero-order valence-electron chi connectivity index (χ0n) is 14.7. The Morgan fingerprint density at radius 2 is 2.08 bits per heavy atom. The van der Waals surface area contributed by atoms with Crippen LogP contribution in [0.2, 0.25) is 0 Å². The molecule has 0 N–H and O–H groups in total. The molecule has 2 saturated heterocycles. The monoisotopic (exact) mass is 344 g/mol. The predicted molar refractivity (Wildman–Crippen MR) is 95.0 cm³/mol. The Hall–Kier alpha value is -1.92. The van der Waals surface area contributed by atoms with Gasteiger partial charge in [0.1, 0.15) is 5.82 Å². The maximum Gasteiger partial charge on any atom is 0.129 e. The molecule has 2 fully saturated rings. The van der Waals surface area contributed by atoms with Crippen molar-refractivity contribution >= 4 is 5.69 Å². The molecule has 0 amide bonds.